The highest BCUT2D eigenvalue weighted by Gasteiger charge is 2.69. The van der Waals surface area contributed by atoms with Crippen LogP contribution >= 0.6 is 10.2 Å². The first-order valence-corrected chi connectivity index (χ1v) is 11.4. The van der Waals surface area contributed by atoms with Gasteiger partial charge in [-0.1, -0.05) is 39.2 Å². The lowest BCUT2D eigenvalue weighted by Crippen LogP contribution is -2.49. The molecule has 13 heteroatoms. The van der Waals surface area contributed by atoms with Crippen molar-refractivity contribution in [1.29, 1.82) is 0 Å². The summed E-state index contributed by atoms with van der Waals surface area (Å²) in [6.07, 6.45) is -2.85. The van der Waals surface area contributed by atoms with E-state index in [0.29, 0.717) is 5.92 Å². The standard InChI is InChI=1S/C18H21F9O3S/c1-10-2-4-11(5-3-10)12-8-28-17(29-9-12)18(21,22)30-13-6-14(19)16(15(20)7-13)31(23,24,25,26)27/h6-7,10-12,17H,2-5,8-9H2,1H3. The molecule has 2 aliphatic rings. The molecule has 2 fully saturated rings. The fourth-order valence-corrected chi connectivity index (χ4v) is 4.77. The van der Waals surface area contributed by atoms with E-state index < -0.39 is 44.9 Å². The van der Waals surface area contributed by atoms with Crippen LogP contribution in [0.2, 0.25) is 0 Å². The molecule has 1 aliphatic carbocycles. The van der Waals surface area contributed by atoms with Crippen LogP contribution in [0, 0.1) is 29.4 Å². The van der Waals surface area contributed by atoms with E-state index >= 15 is 0 Å². The average molecular weight is 488 g/mol. The third kappa shape index (κ3) is 5.72. The summed E-state index contributed by atoms with van der Waals surface area (Å²) < 4.78 is 133. The number of ether oxygens (including phenoxy) is 3. The Hall–Kier alpha value is -1.34. The Kier molecular flexibility index (Phi) is 5.75. The van der Waals surface area contributed by atoms with E-state index in [1.165, 1.54) is 0 Å². The van der Waals surface area contributed by atoms with E-state index in [2.05, 4.69) is 11.7 Å². The summed E-state index contributed by atoms with van der Waals surface area (Å²) in [6.45, 7) is 1.94. The zero-order chi connectivity index (χ0) is 23.3. The first kappa shape index (κ1) is 24.3. The van der Waals surface area contributed by atoms with Crippen LogP contribution in [0.1, 0.15) is 32.6 Å². The number of halogens is 9. The number of benzene rings is 1. The minimum absolute atomic E-state index is 0.0887. The van der Waals surface area contributed by atoms with E-state index in [1.807, 2.05) is 0 Å². The van der Waals surface area contributed by atoms with Crippen LogP contribution in [-0.4, -0.2) is 25.6 Å². The Balaban J connectivity index is 1.68. The normalized spacial score (nSPS) is 30.4. The SMILES string of the molecule is CC1CCC(C2COC(C(F)(F)Oc3cc(F)c(S(F)(F)(F)(F)F)c(F)c3)OC2)CC1. The van der Waals surface area contributed by atoms with E-state index in [9.17, 15) is 37.0 Å². The van der Waals surface area contributed by atoms with Crippen molar-refractivity contribution < 1.29 is 51.2 Å². The molecule has 1 heterocycles. The first-order valence-electron chi connectivity index (χ1n) is 9.49. The second-order valence-corrected chi connectivity index (χ2v) is 10.5. The van der Waals surface area contributed by atoms with Gasteiger partial charge in [-0.15, -0.1) is 0 Å². The van der Waals surface area contributed by atoms with Crippen molar-refractivity contribution >= 4 is 10.2 Å². The lowest BCUT2D eigenvalue weighted by atomic mass is 9.76. The van der Waals surface area contributed by atoms with E-state index in [0.717, 1.165) is 25.7 Å². The first-order chi connectivity index (χ1) is 14.0. The van der Waals surface area contributed by atoms with Crippen molar-refractivity contribution in [2.75, 3.05) is 13.2 Å². The lowest BCUT2D eigenvalue weighted by Gasteiger charge is -2.40. The van der Waals surface area contributed by atoms with Gasteiger partial charge in [0.05, 0.1) is 13.2 Å². The van der Waals surface area contributed by atoms with Crippen molar-refractivity contribution in [3.05, 3.63) is 23.8 Å². The van der Waals surface area contributed by atoms with Gasteiger partial charge in [0, 0.05) is 18.1 Å². The Morgan fingerprint density at radius 3 is 1.81 bits per heavy atom. The van der Waals surface area contributed by atoms with Gasteiger partial charge < -0.3 is 14.2 Å². The third-order valence-electron chi connectivity index (χ3n) is 5.54. The molecule has 0 unspecified atom stereocenters. The molecule has 0 aromatic heterocycles. The summed E-state index contributed by atoms with van der Waals surface area (Å²) in [5.74, 6) is -6.30. The van der Waals surface area contributed by atoms with Crippen LogP contribution in [0.4, 0.5) is 37.0 Å². The highest BCUT2D eigenvalue weighted by Crippen LogP contribution is 3.02. The van der Waals surface area contributed by atoms with Gasteiger partial charge >= 0.3 is 16.3 Å². The second kappa shape index (κ2) is 7.34. The van der Waals surface area contributed by atoms with Crippen LogP contribution in [0.25, 0.3) is 0 Å². The highest BCUT2D eigenvalue weighted by atomic mass is 32.5. The zero-order valence-electron chi connectivity index (χ0n) is 16.2. The fourth-order valence-electron chi connectivity index (χ4n) is 3.91. The van der Waals surface area contributed by atoms with Gasteiger partial charge in [0.1, 0.15) is 5.75 Å². The van der Waals surface area contributed by atoms with Gasteiger partial charge in [-0.05, 0) is 24.7 Å². The quantitative estimate of drug-likeness (QED) is 0.404. The highest BCUT2D eigenvalue weighted by molar-refractivity contribution is 8.45. The molecule has 1 aromatic rings. The molecular formula is C18H21F9O3S. The number of hydrogen-bond acceptors (Lipinski definition) is 3. The molecule has 1 saturated carbocycles. The molecule has 1 saturated heterocycles. The molecule has 3 rings (SSSR count). The van der Waals surface area contributed by atoms with Crippen LogP contribution in [0.3, 0.4) is 0 Å². The molecule has 1 aromatic carbocycles. The Bertz CT molecular complexity index is 792. The van der Waals surface area contributed by atoms with Gasteiger partial charge in [-0.25, -0.2) is 8.78 Å². The van der Waals surface area contributed by atoms with Gasteiger partial charge in [-0.2, -0.15) is 8.78 Å². The maximum Gasteiger partial charge on any atom is 0.451 e. The molecule has 0 amide bonds. The third-order valence-corrected chi connectivity index (χ3v) is 6.70. The Labute approximate surface area is 172 Å². The minimum Gasteiger partial charge on any atom is -0.429 e. The van der Waals surface area contributed by atoms with Crippen molar-refractivity contribution in [3.63, 3.8) is 0 Å². The van der Waals surface area contributed by atoms with Crippen LogP contribution in [0.15, 0.2) is 17.0 Å². The zero-order valence-corrected chi connectivity index (χ0v) is 17.1. The van der Waals surface area contributed by atoms with Crippen molar-refractivity contribution in [3.8, 4) is 5.75 Å². The average Bonchev–Trinajstić information content (AvgIpc) is 2.59. The lowest BCUT2D eigenvalue weighted by molar-refractivity contribution is -0.354. The summed E-state index contributed by atoms with van der Waals surface area (Å²) in [7, 11) is -10.7. The van der Waals surface area contributed by atoms with Gasteiger partial charge in [-0.3, -0.25) is 0 Å². The second-order valence-electron chi connectivity index (χ2n) is 8.13. The predicted molar refractivity (Wildman–Crippen MR) is 93.6 cm³/mol. The number of rotatable bonds is 5. The maximum atomic E-state index is 14.3. The van der Waals surface area contributed by atoms with Crippen molar-refractivity contribution in [2.24, 2.45) is 17.8 Å². The summed E-state index contributed by atoms with van der Waals surface area (Å²) in [5, 5.41) is 0. The van der Waals surface area contributed by atoms with Crippen molar-refractivity contribution in [2.45, 2.75) is 49.9 Å². The van der Waals surface area contributed by atoms with E-state index in [1.54, 1.807) is 0 Å². The number of alkyl halides is 2. The monoisotopic (exact) mass is 488 g/mol. The minimum atomic E-state index is -10.7. The predicted octanol–water partition coefficient (Wildman–Crippen LogP) is 7.41. The van der Waals surface area contributed by atoms with E-state index in [4.69, 9.17) is 9.47 Å². The van der Waals surface area contributed by atoms with Crippen molar-refractivity contribution in [1.82, 2.24) is 0 Å². The molecular weight excluding hydrogens is 467 g/mol. The fraction of sp³-hybridized carbons (Fsp3) is 0.667. The summed E-state index contributed by atoms with van der Waals surface area (Å²) in [4.78, 5) is -3.43. The molecule has 1 aliphatic heterocycles. The molecule has 180 valence electrons. The van der Waals surface area contributed by atoms with Crippen LogP contribution < -0.4 is 4.74 Å². The molecule has 0 N–H and O–H groups in total. The Morgan fingerprint density at radius 1 is 0.871 bits per heavy atom. The summed E-state index contributed by atoms with van der Waals surface area (Å²) in [5.41, 5.74) is 0. The molecule has 0 spiro atoms. The largest absolute Gasteiger partial charge is 0.451 e. The van der Waals surface area contributed by atoms with Gasteiger partial charge in [0.2, 0.25) is 0 Å². The van der Waals surface area contributed by atoms with Gasteiger partial charge in [0.25, 0.3) is 6.29 Å². The molecule has 0 radical (unpaired) electrons. The summed E-state index contributed by atoms with van der Waals surface area (Å²) >= 11 is 0. The number of hydrogen-bond donors (Lipinski definition) is 0. The summed E-state index contributed by atoms with van der Waals surface area (Å²) in [6, 6.07) is -0.780. The van der Waals surface area contributed by atoms with Gasteiger partial charge in [0.15, 0.2) is 16.5 Å². The van der Waals surface area contributed by atoms with Crippen LogP contribution in [-0.2, 0) is 9.47 Å². The topological polar surface area (TPSA) is 27.7 Å². The van der Waals surface area contributed by atoms with Crippen LogP contribution in [0.5, 0.6) is 5.75 Å². The molecule has 0 bridgehead atoms. The molecule has 31 heavy (non-hydrogen) atoms. The van der Waals surface area contributed by atoms with E-state index in [-0.39, 0.29) is 37.2 Å². The smallest absolute Gasteiger partial charge is 0.429 e. The molecule has 0 atom stereocenters. The maximum absolute atomic E-state index is 14.3. The molecule has 3 nitrogen and oxygen atoms in total. The Morgan fingerprint density at radius 2 is 1.35 bits per heavy atom.